The van der Waals surface area contributed by atoms with Crippen molar-refractivity contribution in [1.29, 1.82) is 0 Å². The van der Waals surface area contributed by atoms with Crippen LogP contribution in [-0.4, -0.2) is 99.8 Å². The number of nitrogens with zero attached hydrogens (tertiary/aromatic N) is 3. The predicted molar refractivity (Wildman–Crippen MR) is 213 cm³/mol. The normalized spacial score (nSPS) is 15.7. The lowest BCUT2D eigenvalue weighted by Gasteiger charge is -2.25. The number of nitrogens with two attached hydrogens (primary N) is 1. The lowest BCUT2D eigenvalue weighted by Crippen LogP contribution is -2.55. The van der Waals surface area contributed by atoms with Crippen molar-refractivity contribution in [2.45, 2.75) is 123 Å². The number of primary amides is 1. The van der Waals surface area contributed by atoms with E-state index in [1.807, 2.05) is 0 Å². The van der Waals surface area contributed by atoms with Crippen molar-refractivity contribution in [2.75, 3.05) is 18.4 Å². The van der Waals surface area contributed by atoms with Gasteiger partial charge in [0.2, 0.25) is 23.6 Å². The van der Waals surface area contributed by atoms with Crippen LogP contribution in [0.4, 0.5) is 15.3 Å². The zero-order valence-corrected chi connectivity index (χ0v) is 34.3. The molecule has 0 radical (unpaired) electrons. The van der Waals surface area contributed by atoms with E-state index in [1.165, 1.54) is 17.8 Å². The second-order valence-corrected chi connectivity index (χ2v) is 15.1. The molecule has 1 aliphatic carbocycles. The maximum Gasteiger partial charge on any atom is 0.407 e. The Morgan fingerprint density at radius 3 is 2.29 bits per heavy atom. The number of carbonyl (C=O) groups is 8. The van der Waals surface area contributed by atoms with Crippen LogP contribution < -0.4 is 37.6 Å². The maximum absolute atomic E-state index is 13.6. The largest absolute Gasteiger partial charge is 0.460 e. The Kier molecular flexibility index (Phi) is 19.2. The molecule has 1 saturated carbocycles. The summed E-state index contributed by atoms with van der Waals surface area (Å²) in [5.74, 6) is -2.96. The predicted octanol–water partition coefficient (Wildman–Crippen LogP) is 1.37. The molecule has 20 nitrogen and oxygen atoms in total. The summed E-state index contributed by atoms with van der Waals surface area (Å²) in [5.41, 5.74) is 6.68. The van der Waals surface area contributed by atoms with Crippen LogP contribution >= 0.6 is 0 Å². The fourth-order valence-electron chi connectivity index (χ4n) is 5.96. The molecule has 4 atom stereocenters. The van der Waals surface area contributed by atoms with Crippen molar-refractivity contribution in [3.8, 4) is 0 Å². The Morgan fingerprint density at radius 2 is 1.63 bits per heavy atom. The molecule has 1 aliphatic rings. The molecule has 8 N–H and O–H groups in total. The maximum atomic E-state index is 13.6. The number of aromatic nitrogens is 3. The van der Waals surface area contributed by atoms with E-state index in [0.717, 1.165) is 6.42 Å². The molecule has 1 fully saturated rings. The number of ether oxygens (including phenoxy) is 2. The number of nitrogens with one attached hydrogen (secondary N) is 6. The van der Waals surface area contributed by atoms with Gasteiger partial charge in [0.25, 0.3) is 0 Å². The third-order valence-electron chi connectivity index (χ3n) is 9.25. The quantitative estimate of drug-likeness (QED) is 0.0618. The molecular weight excluding hydrogens is 768 g/mol. The molecule has 3 rings (SSSR count). The van der Waals surface area contributed by atoms with Gasteiger partial charge < -0.3 is 47.1 Å². The summed E-state index contributed by atoms with van der Waals surface area (Å²) in [6.45, 7) is 8.48. The topological polar surface area (TPSA) is 284 Å². The average Bonchev–Trinajstić information content (AvgIpc) is 3.81. The number of carbonyl (C=O) groups excluding carboxylic acids is 8. The van der Waals surface area contributed by atoms with E-state index in [1.54, 1.807) is 52.0 Å². The van der Waals surface area contributed by atoms with Crippen LogP contribution in [0.1, 0.15) is 90.8 Å². The summed E-state index contributed by atoms with van der Waals surface area (Å²) < 4.78 is 12.2. The number of hydrogen-bond acceptors (Lipinski definition) is 12. The van der Waals surface area contributed by atoms with Crippen molar-refractivity contribution in [2.24, 2.45) is 17.6 Å². The molecule has 0 spiro atoms. The first-order valence-electron chi connectivity index (χ1n) is 19.8. The van der Waals surface area contributed by atoms with Crippen LogP contribution in [-0.2, 0) is 57.8 Å². The van der Waals surface area contributed by atoms with E-state index in [0.29, 0.717) is 29.8 Å². The van der Waals surface area contributed by atoms with Crippen LogP contribution in [0.3, 0.4) is 0 Å². The van der Waals surface area contributed by atoms with Crippen LogP contribution in [0.5, 0.6) is 0 Å². The summed E-state index contributed by atoms with van der Waals surface area (Å²) >= 11 is 0. The molecule has 0 bridgehead atoms. The smallest absolute Gasteiger partial charge is 0.407 e. The number of aryl methyl sites for hydroxylation is 1. The van der Waals surface area contributed by atoms with Crippen molar-refractivity contribution in [1.82, 2.24) is 41.6 Å². The Bertz CT molecular complexity index is 1760. The molecule has 20 heteroatoms. The second kappa shape index (κ2) is 24.0. The van der Waals surface area contributed by atoms with Crippen LogP contribution in [0.25, 0.3) is 0 Å². The lowest BCUT2D eigenvalue weighted by atomic mass is 10.0. The van der Waals surface area contributed by atoms with Crippen molar-refractivity contribution < 1.29 is 47.8 Å². The molecule has 0 unspecified atom stereocenters. The van der Waals surface area contributed by atoms with Crippen molar-refractivity contribution in [3.05, 3.63) is 41.7 Å². The molecule has 1 aromatic heterocycles. The fourth-order valence-corrected chi connectivity index (χ4v) is 5.96. The second-order valence-electron chi connectivity index (χ2n) is 15.1. The van der Waals surface area contributed by atoms with E-state index in [4.69, 9.17) is 15.2 Å². The number of Topliss-reactive ketones (excluding diaryl/α,β-unsaturated/α-hetero) is 1. The zero-order valence-electron chi connectivity index (χ0n) is 34.3. The molecule has 1 aromatic carbocycles. The van der Waals surface area contributed by atoms with Gasteiger partial charge in [-0.15, -0.1) is 5.10 Å². The minimum absolute atomic E-state index is 0.0289. The van der Waals surface area contributed by atoms with Gasteiger partial charge in [-0.3, -0.25) is 28.8 Å². The van der Waals surface area contributed by atoms with Crippen LogP contribution in [0, 0.1) is 11.8 Å². The standard InChI is InChI=1S/C39H58N10O10/c1-23(2)34(46-33(52)21-49-20-28(47-48-49)15-16-32(51)41-19-17-25(5)50)36(54)44-30(9-7-18-42-38(40)56)35(53)43-27-13-11-26(12-14-27)22-58-39(57)45-29-8-6-10-31(29)59-37(55)24(3)4/h11-14,20,23-24,29-31,34H,6-10,15-19,21-22H2,1-5H3,(H,41,51)(H,43,53)(H,44,54)(H,45,57)(H,46,52)(H3,40,42,56)/t29-,30+,31-,34+/m1/s1. The Labute approximate surface area is 343 Å². The molecule has 59 heavy (non-hydrogen) atoms. The summed E-state index contributed by atoms with van der Waals surface area (Å²) in [5, 5.41) is 24.0. The Morgan fingerprint density at radius 1 is 0.898 bits per heavy atom. The van der Waals surface area contributed by atoms with Crippen molar-refractivity contribution >= 4 is 53.2 Å². The first-order chi connectivity index (χ1) is 28.0. The van der Waals surface area contributed by atoms with Crippen molar-refractivity contribution in [3.63, 3.8) is 0 Å². The third kappa shape index (κ3) is 17.5. The Hall–Kier alpha value is -6.08. The first-order valence-corrected chi connectivity index (χ1v) is 19.8. The van der Waals surface area contributed by atoms with Crippen LogP contribution in [0.15, 0.2) is 30.5 Å². The van der Waals surface area contributed by atoms with E-state index in [-0.39, 0.29) is 93.9 Å². The Balaban J connectivity index is 1.54. The van der Waals surface area contributed by atoms with Gasteiger partial charge >= 0.3 is 18.1 Å². The molecule has 0 aliphatic heterocycles. The average molecular weight is 827 g/mol. The van der Waals surface area contributed by atoms with Gasteiger partial charge in [-0.1, -0.05) is 45.0 Å². The van der Waals surface area contributed by atoms with Gasteiger partial charge in [-0.2, -0.15) is 0 Å². The number of hydrogen-bond donors (Lipinski definition) is 7. The van der Waals surface area contributed by atoms with Gasteiger partial charge in [-0.05, 0) is 62.6 Å². The van der Waals surface area contributed by atoms with Gasteiger partial charge in [0.15, 0.2) is 0 Å². The van der Waals surface area contributed by atoms with E-state index in [2.05, 4.69) is 42.2 Å². The number of amides is 7. The minimum Gasteiger partial charge on any atom is -0.460 e. The molecule has 7 amide bonds. The molecule has 2 aromatic rings. The zero-order chi connectivity index (χ0) is 43.5. The van der Waals surface area contributed by atoms with E-state index < -0.39 is 48.0 Å². The highest BCUT2D eigenvalue weighted by atomic mass is 16.6. The molecule has 324 valence electrons. The van der Waals surface area contributed by atoms with Crippen LogP contribution in [0.2, 0.25) is 0 Å². The summed E-state index contributed by atoms with van der Waals surface area (Å²) in [7, 11) is 0. The first kappa shape index (κ1) is 47.3. The molecule has 0 saturated heterocycles. The molecule has 1 heterocycles. The van der Waals surface area contributed by atoms with Gasteiger partial charge in [-0.25, -0.2) is 14.3 Å². The number of rotatable bonds is 23. The highest BCUT2D eigenvalue weighted by Gasteiger charge is 2.33. The fraction of sp³-hybridized carbons (Fsp3) is 0.590. The number of alkyl carbamates (subject to hydrolysis) is 1. The van der Waals surface area contributed by atoms with Gasteiger partial charge in [0.05, 0.1) is 17.7 Å². The number of ketones is 1. The number of benzene rings is 1. The number of esters is 1. The summed E-state index contributed by atoms with van der Waals surface area (Å²) in [4.78, 5) is 99.0. The third-order valence-corrected chi connectivity index (χ3v) is 9.25. The SMILES string of the molecule is CC(=O)CCNC(=O)CCc1cn(CC(=O)N[C@H](C(=O)N[C@@H](CCCNC(N)=O)C(=O)Nc2ccc(COC(=O)N[C@@H]3CCC[C@H]3OC(=O)C(C)C)cc2)C(C)C)nn1. The van der Waals surface area contributed by atoms with E-state index in [9.17, 15) is 38.4 Å². The summed E-state index contributed by atoms with van der Waals surface area (Å²) in [6.07, 6.45) is 3.62. The number of urea groups is 1. The summed E-state index contributed by atoms with van der Waals surface area (Å²) in [6, 6.07) is 3.36. The van der Waals surface area contributed by atoms with Gasteiger partial charge in [0, 0.05) is 44.2 Å². The highest BCUT2D eigenvalue weighted by Crippen LogP contribution is 2.23. The molecular formula is C39H58N10O10. The van der Waals surface area contributed by atoms with Gasteiger partial charge in [0.1, 0.15) is 37.1 Å². The minimum atomic E-state index is -1.07. The van der Waals surface area contributed by atoms with E-state index >= 15 is 0 Å². The highest BCUT2D eigenvalue weighted by molar-refractivity contribution is 5.98. The monoisotopic (exact) mass is 826 g/mol. The number of anilines is 1. The lowest BCUT2D eigenvalue weighted by molar-refractivity contribution is -0.153.